The number of hydrogen-bond acceptors (Lipinski definition) is 2. The molecule has 23 heavy (non-hydrogen) atoms. The second-order valence-corrected chi connectivity index (χ2v) is 5.46. The highest BCUT2D eigenvalue weighted by molar-refractivity contribution is 7.80. The van der Waals surface area contributed by atoms with Crippen LogP contribution in [0.3, 0.4) is 0 Å². The van der Waals surface area contributed by atoms with Gasteiger partial charge in [0, 0.05) is 30.6 Å². The Kier molecular flexibility index (Phi) is 4.16. The predicted molar refractivity (Wildman–Crippen MR) is 89.0 cm³/mol. The van der Waals surface area contributed by atoms with E-state index in [4.69, 9.17) is 18.0 Å². The Morgan fingerprint density at radius 3 is 2.70 bits per heavy atom. The lowest BCUT2D eigenvalue weighted by atomic mass is 10.1. The molecule has 0 radical (unpaired) electrons. The molecule has 0 unspecified atom stereocenters. The smallest absolute Gasteiger partial charge is 0.143 e. The summed E-state index contributed by atoms with van der Waals surface area (Å²) in [7, 11) is 0. The van der Waals surface area contributed by atoms with E-state index in [0.29, 0.717) is 17.4 Å². The van der Waals surface area contributed by atoms with Crippen LogP contribution in [0.2, 0.25) is 0 Å². The number of nitrogens with zero attached hydrogens (tertiary/aromatic N) is 2. The first-order valence-corrected chi connectivity index (χ1v) is 7.31. The zero-order valence-electron chi connectivity index (χ0n) is 12.0. The Bertz CT molecular complexity index is 874. The van der Waals surface area contributed by atoms with Gasteiger partial charge in [-0.3, -0.25) is 0 Å². The Hall–Kier alpha value is -2.60. The number of nitrogens with two attached hydrogens (primary N) is 1. The molecule has 0 aliphatic rings. The molecule has 2 aromatic carbocycles. The molecule has 0 atom stereocenters. The van der Waals surface area contributed by atoms with Crippen LogP contribution >= 0.6 is 12.2 Å². The van der Waals surface area contributed by atoms with Crippen LogP contribution in [-0.2, 0) is 6.54 Å². The van der Waals surface area contributed by atoms with Crippen LogP contribution in [0.5, 0.6) is 0 Å². The summed E-state index contributed by atoms with van der Waals surface area (Å²) >= 11 is 5.06. The van der Waals surface area contributed by atoms with Gasteiger partial charge in [0.15, 0.2) is 0 Å². The Morgan fingerprint density at radius 1 is 1.17 bits per heavy atom. The molecule has 3 rings (SSSR count). The van der Waals surface area contributed by atoms with Crippen LogP contribution in [0.4, 0.5) is 8.78 Å². The van der Waals surface area contributed by atoms with E-state index in [1.54, 1.807) is 17.0 Å². The van der Waals surface area contributed by atoms with E-state index in [9.17, 15) is 8.78 Å². The van der Waals surface area contributed by atoms with Crippen molar-refractivity contribution in [1.82, 2.24) is 9.55 Å². The standard InChI is InChI=1S/C17H13F2N3S/c18-12-5-6-14(15(19)9-12)17-21-7-8-22(17)10-11-3-1-2-4-13(11)16(20)23/h1-9H,10H2,(H2,20,23). The van der Waals surface area contributed by atoms with Crippen molar-refractivity contribution in [2.45, 2.75) is 6.54 Å². The van der Waals surface area contributed by atoms with Gasteiger partial charge >= 0.3 is 0 Å². The topological polar surface area (TPSA) is 43.8 Å². The number of halogens is 2. The van der Waals surface area contributed by atoms with Gasteiger partial charge in [-0.25, -0.2) is 13.8 Å². The highest BCUT2D eigenvalue weighted by atomic mass is 32.1. The third-order valence-corrected chi connectivity index (χ3v) is 3.73. The van der Waals surface area contributed by atoms with Gasteiger partial charge in [-0.2, -0.15) is 0 Å². The third kappa shape index (κ3) is 3.12. The lowest BCUT2D eigenvalue weighted by Gasteiger charge is -2.12. The molecule has 1 heterocycles. The lowest BCUT2D eigenvalue weighted by molar-refractivity contribution is 0.584. The van der Waals surface area contributed by atoms with Crippen molar-refractivity contribution < 1.29 is 8.78 Å². The zero-order valence-corrected chi connectivity index (χ0v) is 12.9. The highest BCUT2D eigenvalue weighted by Crippen LogP contribution is 2.23. The van der Waals surface area contributed by atoms with E-state index in [1.165, 1.54) is 12.1 Å². The first-order chi connectivity index (χ1) is 11.1. The molecular weight excluding hydrogens is 316 g/mol. The van der Waals surface area contributed by atoms with Crippen molar-refractivity contribution in [3.05, 3.63) is 77.6 Å². The van der Waals surface area contributed by atoms with E-state index in [1.807, 2.05) is 24.3 Å². The Morgan fingerprint density at radius 2 is 1.96 bits per heavy atom. The maximum Gasteiger partial charge on any atom is 0.143 e. The molecule has 3 nitrogen and oxygen atoms in total. The number of rotatable bonds is 4. The number of imidazole rings is 1. The van der Waals surface area contributed by atoms with E-state index in [0.717, 1.165) is 17.2 Å². The summed E-state index contributed by atoms with van der Waals surface area (Å²) in [5, 5.41) is 0. The Balaban J connectivity index is 2.01. The fourth-order valence-corrected chi connectivity index (χ4v) is 2.63. The molecule has 0 fully saturated rings. The van der Waals surface area contributed by atoms with Gasteiger partial charge in [-0.05, 0) is 17.7 Å². The molecule has 2 N–H and O–H groups in total. The first kappa shape index (κ1) is 15.3. The molecule has 0 aliphatic heterocycles. The van der Waals surface area contributed by atoms with E-state index >= 15 is 0 Å². The quantitative estimate of drug-likeness (QED) is 0.745. The molecule has 0 saturated carbocycles. The summed E-state index contributed by atoms with van der Waals surface area (Å²) < 4.78 is 28.9. The highest BCUT2D eigenvalue weighted by Gasteiger charge is 2.13. The minimum Gasteiger partial charge on any atom is -0.389 e. The summed E-state index contributed by atoms with van der Waals surface area (Å²) in [6.45, 7) is 0.430. The Labute approximate surface area is 137 Å². The fraction of sp³-hybridized carbons (Fsp3) is 0.0588. The molecule has 0 bridgehead atoms. The van der Waals surface area contributed by atoms with Crippen molar-refractivity contribution in [3.8, 4) is 11.4 Å². The summed E-state index contributed by atoms with van der Waals surface area (Å²) in [5.74, 6) is -0.858. The zero-order chi connectivity index (χ0) is 16.4. The third-order valence-electron chi connectivity index (χ3n) is 3.51. The van der Waals surface area contributed by atoms with E-state index in [2.05, 4.69) is 4.98 Å². The summed E-state index contributed by atoms with van der Waals surface area (Å²) in [5.41, 5.74) is 7.65. The normalized spacial score (nSPS) is 10.7. The molecule has 0 amide bonds. The fourth-order valence-electron chi connectivity index (χ4n) is 2.43. The van der Waals surface area contributed by atoms with Crippen LogP contribution in [0, 0.1) is 11.6 Å². The predicted octanol–water partition coefficient (Wildman–Crippen LogP) is 3.51. The van der Waals surface area contributed by atoms with Crippen LogP contribution in [0.15, 0.2) is 54.9 Å². The van der Waals surface area contributed by atoms with Crippen molar-refractivity contribution in [3.63, 3.8) is 0 Å². The van der Waals surface area contributed by atoms with Gasteiger partial charge in [0.25, 0.3) is 0 Å². The SMILES string of the molecule is NC(=S)c1ccccc1Cn1ccnc1-c1ccc(F)cc1F. The van der Waals surface area contributed by atoms with Crippen LogP contribution < -0.4 is 5.73 Å². The molecule has 1 aromatic heterocycles. The second kappa shape index (κ2) is 6.26. The lowest BCUT2D eigenvalue weighted by Crippen LogP contribution is -2.14. The minimum absolute atomic E-state index is 0.240. The average Bonchev–Trinajstić information content (AvgIpc) is 2.95. The number of aromatic nitrogens is 2. The molecule has 0 spiro atoms. The van der Waals surface area contributed by atoms with E-state index < -0.39 is 11.6 Å². The minimum atomic E-state index is -0.653. The van der Waals surface area contributed by atoms with Crippen LogP contribution in [-0.4, -0.2) is 14.5 Å². The van der Waals surface area contributed by atoms with Crippen LogP contribution in [0.1, 0.15) is 11.1 Å². The van der Waals surface area contributed by atoms with Crippen molar-refractivity contribution in [2.24, 2.45) is 5.73 Å². The number of hydrogen-bond donors (Lipinski definition) is 1. The van der Waals surface area contributed by atoms with Gasteiger partial charge in [-0.15, -0.1) is 0 Å². The maximum atomic E-state index is 14.0. The molecule has 6 heteroatoms. The van der Waals surface area contributed by atoms with Gasteiger partial charge in [0.05, 0.1) is 5.56 Å². The average molecular weight is 329 g/mol. The van der Waals surface area contributed by atoms with Crippen molar-refractivity contribution in [1.29, 1.82) is 0 Å². The largest absolute Gasteiger partial charge is 0.389 e. The summed E-state index contributed by atoms with van der Waals surface area (Å²) in [6.07, 6.45) is 3.30. The monoisotopic (exact) mass is 329 g/mol. The second-order valence-electron chi connectivity index (χ2n) is 5.02. The van der Waals surface area contributed by atoms with Crippen LogP contribution in [0.25, 0.3) is 11.4 Å². The molecule has 0 aliphatic carbocycles. The first-order valence-electron chi connectivity index (χ1n) is 6.90. The molecule has 0 saturated heterocycles. The number of benzene rings is 2. The number of thiocarbonyl (C=S) groups is 1. The van der Waals surface area contributed by atoms with Gasteiger partial charge in [-0.1, -0.05) is 36.5 Å². The molecule has 3 aromatic rings. The van der Waals surface area contributed by atoms with Crippen molar-refractivity contribution >= 4 is 17.2 Å². The van der Waals surface area contributed by atoms with Gasteiger partial charge in [0.1, 0.15) is 22.4 Å². The summed E-state index contributed by atoms with van der Waals surface area (Å²) in [4.78, 5) is 4.49. The molecule has 116 valence electrons. The van der Waals surface area contributed by atoms with Gasteiger partial charge in [0.2, 0.25) is 0 Å². The van der Waals surface area contributed by atoms with Crippen molar-refractivity contribution in [2.75, 3.05) is 0 Å². The summed E-state index contributed by atoms with van der Waals surface area (Å²) in [6, 6.07) is 10.9. The van der Waals surface area contributed by atoms with Gasteiger partial charge < -0.3 is 10.3 Å². The maximum absolute atomic E-state index is 14.0. The molecular formula is C17H13F2N3S. The van der Waals surface area contributed by atoms with E-state index in [-0.39, 0.29) is 5.56 Å².